The minimum Gasteiger partial charge on any atom is -0.493 e. The number of hydrogen-bond donors (Lipinski definition) is 1. The molecule has 0 spiro atoms. The maximum atomic E-state index is 13.2. The highest BCUT2D eigenvalue weighted by Gasteiger charge is 2.31. The molecule has 0 radical (unpaired) electrons. The molecule has 1 heterocycles. The zero-order valence-corrected chi connectivity index (χ0v) is 20.9. The van der Waals surface area contributed by atoms with Crippen molar-refractivity contribution in [2.24, 2.45) is 0 Å². The van der Waals surface area contributed by atoms with Gasteiger partial charge in [0.2, 0.25) is 5.78 Å². The van der Waals surface area contributed by atoms with E-state index in [1.807, 2.05) is 30.3 Å². The molecule has 36 heavy (non-hydrogen) atoms. The van der Waals surface area contributed by atoms with E-state index in [1.165, 1.54) is 38.4 Å². The fourth-order valence-electron chi connectivity index (χ4n) is 3.53. The van der Waals surface area contributed by atoms with Crippen LogP contribution in [0.15, 0.2) is 71.2 Å². The molecule has 1 aliphatic carbocycles. The molecular weight excluding hydrogens is 482 g/mol. The second kappa shape index (κ2) is 11.7. The van der Waals surface area contributed by atoms with Gasteiger partial charge in [0.05, 0.1) is 31.2 Å². The van der Waals surface area contributed by atoms with E-state index in [9.17, 15) is 9.59 Å². The van der Waals surface area contributed by atoms with E-state index in [2.05, 4.69) is 15.3 Å². The van der Waals surface area contributed by atoms with Crippen LogP contribution in [-0.2, 0) is 24.8 Å². The van der Waals surface area contributed by atoms with E-state index in [1.54, 1.807) is 19.2 Å². The van der Waals surface area contributed by atoms with Crippen molar-refractivity contribution in [2.45, 2.75) is 5.75 Å². The van der Waals surface area contributed by atoms with Gasteiger partial charge < -0.3 is 24.3 Å². The van der Waals surface area contributed by atoms with E-state index in [0.29, 0.717) is 47.2 Å². The van der Waals surface area contributed by atoms with Crippen LogP contribution in [0.1, 0.15) is 5.56 Å². The molecule has 0 bridgehead atoms. The molecule has 0 aliphatic heterocycles. The molecule has 0 unspecified atom stereocenters. The number of carbonyl (C=O) groups is 2. The number of ether oxygens (including phenoxy) is 4. The van der Waals surface area contributed by atoms with Crippen molar-refractivity contribution < 1.29 is 28.5 Å². The first kappa shape index (κ1) is 25.2. The molecule has 0 fully saturated rings. The minimum atomic E-state index is -0.439. The third-order valence-electron chi connectivity index (χ3n) is 5.32. The lowest BCUT2D eigenvalue weighted by Crippen LogP contribution is -2.24. The van der Waals surface area contributed by atoms with E-state index >= 15 is 0 Å². The number of thioether (sulfide) groups is 1. The van der Waals surface area contributed by atoms with Crippen molar-refractivity contribution in [1.82, 2.24) is 9.97 Å². The summed E-state index contributed by atoms with van der Waals surface area (Å²) in [6, 6.07) is 13.1. The van der Waals surface area contributed by atoms with Gasteiger partial charge in [0.25, 0.3) is 0 Å². The Bertz CT molecular complexity index is 1340. The predicted octanol–water partition coefficient (Wildman–Crippen LogP) is 3.90. The van der Waals surface area contributed by atoms with Gasteiger partial charge in [0, 0.05) is 30.4 Å². The first-order chi connectivity index (χ1) is 17.5. The maximum Gasteiger partial charge on any atom is 0.245 e. The van der Waals surface area contributed by atoms with Crippen molar-refractivity contribution in [3.63, 3.8) is 0 Å². The van der Waals surface area contributed by atoms with Crippen LogP contribution in [0.4, 0.5) is 5.82 Å². The zero-order valence-electron chi connectivity index (χ0n) is 20.1. The number of ketones is 2. The highest BCUT2D eigenvalue weighted by Crippen LogP contribution is 2.36. The molecular formula is C26H25N3O6S. The Morgan fingerprint density at radius 3 is 2.47 bits per heavy atom. The summed E-state index contributed by atoms with van der Waals surface area (Å²) in [5.41, 5.74) is 1.69. The normalized spacial score (nSPS) is 13.6. The molecule has 10 heteroatoms. The topological polar surface area (TPSA) is 109 Å². The maximum absolute atomic E-state index is 13.2. The SMILES string of the molecule is COCCOc1cc2ncnc(NC3=C(SCc4ccccc4)C(=O)C=C(OC)C3=O)c2cc1OC. The molecule has 0 saturated heterocycles. The highest BCUT2D eigenvalue weighted by molar-refractivity contribution is 8.03. The van der Waals surface area contributed by atoms with Crippen molar-refractivity contribution in [2.75, 3.05) is 39.9 Å². The molecule has 3 aromatic rings. The zero-order chi connectivity index (χ0) is 25.5. The third-order valence-corrected chi connectivity index (χ3v) is 6.49. The fourth-order valence-corrected chi connectivity index (χ4v) is 4.52. The van der Waals surface area contributed by atoms with Gasteiger partial charge in [-0.05, 0) is 11.6 Å². The molecule has 0 saturated carbocycles. The molecule has 0 amide bonds. The molecule has 186 valence electrons. The Kier molecular flexibility index (Phi) is 8.19. The van der Waals surface area contributed by atoms with Gasteiger partial charge in [0.15, 0.2) is 23.0 Å². The van der Waals surface area contributed by atoms with Crippen molar-refractivity contribution in [3.8, 4) is 11.5 Å². The van der Waals surface area contributed by atoms with Gasteiger partial charge in [-0.3, -0.25) is 9.59 Å². The smallest absolute Gasteiger partial charge is 0.245 e. The average molecular weight is 508 g/mol. The van der Waals surface area contributed by atoms with E-state index in [0.717, 1.165) is 5.56 Å². The Morgan fingerprint density at radius 2 is 1.75 bits per heavy atom. The number of nitrogens with one attached hydrogen (secondary N) is 1. The van der Waals surface area contributed by atoms with Crippen LogP contribution < -0.4 is 14.8 Å². The lowest BCUT2D eigenvalue weighted by molar-refractivity contribution is -0.117. The summed E-state index contributed by atoms with van der Waals surface area (Å²) in [5, 5.41) is 3.66. The number of benzene rings is 2. The number of anilines is 1. The van der Waals surface area contributed by atoms with Gasteiger partial charge in [-0.15, -0.1) is 11.8 Å². The molecule has 1 aliphatic rings. The average Bonchev–Trinajstić information content (AvgIpc) is 2.90. The molecule has 4 rings (SSSR count). The first-order valence-corrected chi connectivity index (χ1v) is 12.0. The van der Waals surface area contributed by atoms with Gasteiger partial charge in [-0.1, -0.05) is 30.3 Å². The number of carbonyl (C=O) groups excluding carboxylic acids is 2. The lowest BCUT2D eigenvalue weighted by atomic mass is 10.1. The number of hydrogen-bond acceptors (Lipinski definition) is 10. The summed E-state index contributed by atoms with van der Waals surface area (Å²) in [4.78, 5) is 35.1. The van der Waals surface area contributed by atoms with E-state index in [-0.39, 0.29) is 22.1 Å². The predicted molar refractivity (Wildman–Crippen MR) is 137 cm³/mol. The number of methoxy groups -OCH3 is 3. The fraction of sp³-hybridized carbons (Fsp3) is 0.231. The van der Waals surface area contributed by atoms with Crippen molar-refractivity contribution >= 4 is 40.0 Å². The van der Waals surface area contributed by atoms with Gasteiger partial charge >= 0.3 is 0 Å². The highest BCUT2D eigenvalue weighted by atomic mass is 32.2. The van der Waals surface area contributed by atoms with Crippen LogP contribution in [-0.4, -0.2) is 56.1 Å². The Morgan fingerprint density at radius 1 is 0.944 bits per heavy atom. The quantitative estimate of drug-likeness (QED) is 0.303. The number of nitrogens with zero attached hydrogens (tertiary/aromatic N) is 2. The number of fused-ring (bicyclic) bond motifs is 1. The van der Waals surface area contributed by atoms with Gasteiger partial charge in [-0.25, -0.2) is 9.97 Å². The van der Waals surface area contributed by atoms with Gasteiger partial charge in [-0.2, -0.15) is 0 Å². The number of aromatic nitrogens is 2. The van der Waals surface area contributed by atoms with Gasteiger partial charge in [0.1, 0.15) is 24.4 Å². The number of rotatable bonds is 11. The minimum absolute atomic E-state index is 0.0451. The molecule has 9 nitrogen and oxygen atoms in total. The molecule has 0 atom stereocenters. The van der Waals surface area contributed by atoms with Crippen LogP contribution >= 0.6 is 11.8 Å². The first-order valence-electron chi connectivity index (χ1n) is 11.0. The van der Waals surface area contributed by atoms with Crippen LogP contribution in [0.2, 0.25) is 0 Å². The van der Waals surface area contributed by atoms with Crippen molar-refractivity contribution in [3.05, 3.63) is 76.8 Å². The summed E-state index contributed by atoms with van der Waals surface area (Å²) in [6.45, 7) is 0.757. The van der Waals surface area contributed by atoms with Crippen molar-refractivity contribution in [1.29, 1.82) is 0 Å². The van der Waals surface area contributed by atoms with Crippen LogP contribution in [0.5, 0.6) is 11.5 Å². The summed E-state index contributed by atoms with van der Waals surface area (Å²) in [7, 11) is 4.47. The Hall–Kier alpha value is -3.89. The summed E-state index contributed by atoms with van der Waals surface area (Å²) < 4.78 is 21.5. The largest absolute Gasteiger partial charge is 0.493 e. The summed E-state index contributed by atoms with van der Waals surface area (Å²) >= 11 is 1.28. The standard InChI is InChI=1S/C26H25N3O6S/c1-32-9-10-35-21-12-18-17(11-20(21)33-2)26(28-15-27-18)29-23-24(31)22(34-3)13-19(30)25(23)36-14-16-7-5-4-6-8-16/h4-8,11-13,15H,9-10,14H2,1-3H3,(H,27,28,29). The number of Topliss-reactive ketones (excluding diaryl/α,β-unsaturated/α-hetero) is 1. The Labute approximate surface area is 212 Å². The summed E-state index contributed by atoms with van der Waals surface area (Å²) in [6.07, 6.45) is 2.58. The second-order valence-corrected chi connectivity index (χ2v) is 8.58. The summed E-state index contributed by atoms with van der Waals surface area (Å²) in [5.74, 6) is 1.01. The Balaban J connectivity index is 1.72. The van der Waals surface area contributed by atoms with E-state index in [4.69, 9.17) is 18.9 Å². The third kappa shape index (κ3) is 5.50. The van der Waals surface area contributed by atoms with Crippen LogP contribution in [0, 0.1) is 0 Å². The monoisotopic (exact) mass is 507 g/mol. The van der Waals surface area contributed by atoms with Crippen LogP contribution in [0.3, 0.4) is 0 Å². The number of allylic oxidation sites excluding steroid dienone is 2. The molecule has 2 aromatic carbocycles. The lowest BCUT2D eigenvalue weighted by Gasteiger charge is -2.20. The second-order valence-electron chi connectivity index (χ2n) is 7.59. The molecule has 1 aromatic heterocycles. The van der Waals surface area contributed by atoms with Crippen LogP contribution in [0.25, 0.3) is 10.9 Å². The molecule has 1 N–H and O–H groups in total. The van der Waals surface area contributed by atoms with E-state index < -0.39 is 5.78 Å².